The predicted molar refractivity (Wildman–Crippen MR) is 315 cm³/mol. The Morgan fingerprint density at radius 1 is 0.410 bits per heavy atom. The van der Waals surface area contributed by atoms with Gasteiger partial charge in [-0.15, -0.1) is 0 Å². The Balaban J connectivity index is 0.779. The number of fused-ring (bicyclic) bond motifs is 17. The van der Waals surface area contributed by atoms with Crippen LogP contribution >= 0.6 is 0 Å². The van der Waals surface area contributed by atoms with E-state index in [-0.39, 0.29) is 0 Å². The van der Waals surface area contributed by atoms with E-state index in [1.54, 1.807) is 5.57 Å². The van der Waals surface area contributed by atoms with Crippen LogP contribution in [0.25, 0.3) is 39.0 Å². The molecular formula is C75H51NO2. The van der Waals surface area contributed by atoms with Crippen molar-refractivity contribution in [3.8, 4) is 56.4 Å². The van der Waals surface area contributed by atoms with Crippen molar-refractivity contribution in [1.29, 1.82) is 0 Å². The lowest BCUT2D eigenvalue weighted by Crippen LogP contribution is -2.30. The van der Waals surface area contributed by atoms with Gasteiger partial charge in [-0.05, 0) is 150 Å². The quantitative estimate of drug-likeness (QED) is 0.159. The molecule has 368 valence electrons. The van der Waals surface area contributed by atoms with Gasteiger partial charge >= 0.3 is 0 Å². The van der Waals surface area contributed by atoms with Crippen LogP contribution in [0.4, 0.5) is 11.4 Å². The molecule has 0 N–H and O–H groups in total. The van der Waals surface area contributed by atoms with E-state index in [0.717, 1.165) is 41.3 Å². The van der Waals surface area contributed by atoms with E-state index in [0.29, 0.717) is 23.3 Å². The number of ether oxygens (including phenoxy) is 2. The molecule has 3 heteroatoms. The number of hydrogen-bond acceptors (Lipinski definition) is 3. The van der Waals surface area contributed by atoms with Crippen LogP contribution in [0.15, 0.2) is 283 Å². The summed E-state index contributed by atoms with van der Waals surface area (Å²) >= 11 is 0. The van der Waals surface area contributed by atoms with Crippen molar-refractivity contribution in [2.24, 2.45) is 11.8 Å². The Kier molecular flexibility index (Phi) is 9.27. The van der Waals surface area contributed by atoms with Crippen LogP contribution in [0, 0.1) is 11.8 Å². The first-order valence-electron chi connectivity index (χ1n) is 27.7. The topological polar surface area (TPSA) is 21.7 Å². The molecule has 7 aliphatic rings. The van der Waals surface area contributed by atoms with E-state index in [2.05, 4.69) is 266 Å². The van der Waals surface area contributed by atoms with Crippen molar-refractivity contribution in [1.82, 2.24) is 0 Å². The van der Waals surface area contributed by atoms with Crippen molar-refractivity contribution >= 4 is 16.9 Å². The number of rotatable bonds is 7. The number of para-hydroxylation sites is 1. The van der Waals surface area contributed by atoms with E-state index in [1.165, 1.54) is 101 Å². The smallest absolute Gasteiger partial charge is 0.178 e. The monoisotopic (exact) mass is 997 g/mol. The summed E-state index contributed by atoms with van der Waals surface area (Å²) in [5.74, 6) is 3.91. The number of nitrogens with zero attached hydrogens (tertiary/aromatic N) is 1. The maximum Gasteiger partial charge on any atom is 0.178 e. The Morgan fingerprint density at radius 3 is 1.64 bits per heavy atom. The highest BCUT2D eigenvalue weighted by Gasteiger charge is 2.57. The zero-order valence-electron chi connectivity index (χ0n) is 42.9. The molecule has 17 rings (SSSR count). The molecule has 1 aliphatic heterocycles. The van der Waals surface area contributed by atoms with Gasteiger partial charge in [0, 0.05) is 28.6 Å². The van der Waals surface area contributed by atoms with Crippen LogP contribution < -0.4 is 14.4 Å². The normalized spacial score (nSPS) is 18.4. The summed E-state index contributed by atoms with van der Waals surface area (Å²) in [5.41, 5.74) is 26.2. The molecule has 3 nitrogen and oxygen atoms in total. The third-order valence-corrected chi connectivity index (χ3v) is 18.3. The average molecular weight is 998 g/mol. The van der Waals surface area contributed by atoms with Gasteiger partial charge in [0.15, 0.2) is 23.0 Å². The molecule has 6 aliphatic carbocycles. The van der Waals surface area contributed by atoms with E-state index in [1.807, 2.05) is 0 Å². The third kappa shape index (κ3) is 5.93. The summed E-state index contributed by atoms with van der Waals surface area (Å²) in [6.07, 6.45) is 10.5. The maximum absolute atomic E-state index is 7.17. The molecule has 0 saturated heterocycles. The average Bonchev–Trinajstić information content (AvgIpc) is 4.13. The first-order valence-corrected chi connectivity index (χ1v) is 27.7. The van der Waals surface area contributed by atoms with Gasteiger partial charge in [0.1, 0.15) is 0 Å². The van der Waals surface area contributed by atoms with Crippen LogP contribution in [-0.2, 0) is 10.8 Å². The van der Waals surface area contributed by atoms with Gasteiger partial charge in [0.25, 0.3) is 0 Å². The summed E-state index contributed by atoms with van der Waals surface area (Å²) < 4.78 is 14.3. The standard InChI is InChI=1S/C75H51NO2/c1-4-20-47(21-5-1)53-26-14-19-35-67(53)76(51-38-36-48(37-39-51)58-46-66-71(60-45-59(58)60)56-29-12-17-33-63(56)74(66,49-22-6-2-7-23-49)50-24-8-3-9-25-50)52-40-42-68-70(44-52)77-69-43-41-65-72(73(69)78-68)57-30-13-18-34-64(57)75(65)61-31-15-10-27-54(61)55-28-11-16-32-62(55)75/h1-36,38,40-44,46,59-60H,37,39,45H2/t59?,60-/m1/s1. The van der Waals surface area contributed by atoms with Gasteiger partial charge in [0.2, 0.25) is 0 Å². The van der Waals surface area contributed by atoms with Crippen molar-refractivity contribution < 1.29 is 9.47 Å². The van der Waals surface area contributed by atoms with Crippen molar-refractivity contribution in [2.45, 2.75) is 30.1 Å². The van der Waals surface area contributed by atoms with Crippen LogP contribution in [0.2, 0.25) is 0 Å². The summed E-state index contributed by atoms with van der Waals surface area (Å²) in [5, 5.41) is 0. The second kappa shape index (κ2) is 16.5. The highest BCUT2D eigenvalue weighted by atomic mass is 16.6. The number of benzene rings is 10. The molecule has 0 aromatic heterocycles. The number of hydrogen-bond donors (Lipinski definition) is 0. The summed E-state index contributed by atoms with van der Waals surface area (Å²) in [4.78, 5) is 2.46. The predicted octanol–water partition coefficient (Wildman–Crippen LogP) is 18.7. The highest BCUT2D eigenvalue weighted by Crippen LogP contribution is 2.69. The van der Waals surface area contributed by atoms with Crippen molar-refractivity contribution in [3.05, 3.63) is 328 Å². The minimum atomic E-state index is -0.471. The minimum Gasteiger partial charge on any atom is -0.449 e. The Bertz CT molecular complexity index is 4230. The molecule has 1 fully saturated rings. The van der Waals surface area contributed by atoms with E-state index < -0.39 is 10.8 Å². The SMILES string of the molecule is C1=C(C2=CC3=C(c4ccccc4C3(c3ccccc3)c3ccccc3)[C@@H]3CC23)CCC(N(c2ccc3c(c2)Oc2ccc4c(c2O3)-c2ccccc2C42c3ccccc3-c3ccccc32)c2ccccc2-c2ccccc2)=C1. The Hall–Kier alpha value is -9.44. The fraction of sp³-hybridized carbons (Fsp3) is 0.0933. The van der Waals surface area contributed by atoms with Crippen LogP contribution in [0.5, 0.6) is 23.0 Å². The maximum atomic E-state index is 7.17. The van der Waals surface area contributed by atoms with Crippen molar-refractivity contribution in [2.75, 3.05) is 4.90 Å². The van der Waals surface area contributed by atoms with Gasteiger partial charge < -0.3 is 14.4 Å². The molecule has 10 aromatic carbocycles. The molecule has 1 saturated carbocycles. The van der Waals surface area contributed by atoms with Crippen LogP contribution in [0.3, 0.4) is 0 Å². The lowest BCUT2D eigenvalue weighted by molar-refractivity contribution is 0.360. The molecule has 0 radical (unpaired) electrons. The van der Waals surface area contributed by atoms with E-state index in [9.17, 15) is 0 Å². The number of anilines is 2. The van der Waals surface area contributed by atoms with Gasteiger partial charge in [-0.2, -0.15) is 0 Å². The molecule has 0 bridgehead atoms. The molecule has 78 heavy (non-hydrogen) atoms. The van der Waals surface area contributed by atoms with E-state index >= 15 is 0 Å². The van der Waals surface area contributed by atoms with Gasteiger partial charge in [0.05, 0.1) is 16.5 Å². The fourth-order valence-electron chi connectivity index (χ4n) is 15.1. The summed E-state index contributed by atoms with van der Waals surface area (Å²) in [7, 11) is 0. The molecule has 1 spiro atoms. The zero-order valence-corrected chi connectivity index (χ0v) is 42.9. The second-order valence-corrected chi connectivity index (χ2v) is 22.0. The second-order valence-electron chi connectivity index (χ2n) is 22.0. The largest absolute Gasteiger partial charge is 0.449 e. The molecule has 1 heterocycles. The van der Waals surface area contributed by atoms with Gasteiger partial charge in [-0.1, -0.05) is 224 Å². The first-order chi connectivity index (χ1) is 38.7. The van der Waals surface area contributed by atoms with Crippen LogP contribution in [-0.4, -0.2) is 0 Å². The Labute approximate surface area is 455 Å². The Morgan fingerprint density at radius 2 is 0.974 bits per heavy atom. The molecule has 1 unspecified atom stereocenters. The summed E-state index contributed by atoms with van der Waals surface area (Å²) in [6, 6.07) is 89.0. The fourth-order valence-corrected chi connectivity index (χ4v) is 15.1. The van der Waals surface area contributed by atoms with Crippen LogP contribution in [0.1, 0.15) is 63.8 Å². The first kappa shape index (κ1) is 43.8. The molecule has 0 amide bonds. The lowest BCUT2D eigenvalue weighted by Gasteiger charge is -2.36. The van der Waals surface area contributed by atoms with Crippen molar-refractivity contribution in [3.63, 3.8) is 0 Å². The number of allylic oxidation sites excluding steroid dienone is 8. The van der Waals surface area contributed by atoms with Gasteiger partial charge in [-0.25, -0.2) is 0 Å². The summed E-state index contributed by atoms with van der Waals surface area (Å²) in [6.45, 7) is 0. The molecular weight excluding hydrogens is 947 g/mol. The highest BCUT2D eigenvalue weighted by molar-refractivity contribution is 5.98. The zero-order chi connectivity index (χ0) is 51.1. The van der Waals surface area contributed by atoms with E-state index in [4.69, 9.17) is 9.47 Å². The lowest BCUT2D eigenvalue weighted by atomic mass is 9.65. The van der Waals surface area contributed by atoms with Gasteiger partial charge in [-0.3, -0.25) is 0 Å². The minimum absolute atomic E-state index is 0.401. The molecule has 2 atom stereocenters. The third-order valence-electron chi connectivity index (χ3n) is 18.3. The molecule has 10 aromatic rings.